The van der Waals surface area contributed by atoms with Gasteiger partial charge in [0, 0.05) is 18.1 Å². The molecule has 1 saturated carbocycles. The molecule has 1 aromatic carbocycles. The molecule has 26 heavy (non-hydrogen) atoms. The van der Waals surface area contributed by atoms with Gasteiger partial charge < -0.3 is 15.7 Å². The lowest BCUT2D eigenvalue weighted by Gasteiger charge is -2.32. The summed E-state index contributed by atoms with van der Waals surface area (Å²) in [4.78, 5) is 14.7. The first-order valence-electron chi connectivity index (χ1n) is 9.79. The summed E-state index contributed by atoms with van der Waals surface area (Å²) in [7, 11) is 0. The molecule has 5 nitrogen and oxygen atoms in total. The van der Waals surface area contributed by atoms with Gasteiger partial charge in [0.25, 0.3) is 0 Å². The van der Waals surface area contributed by atoms with E-state index in [-0.39, 0.29) is 12.1 Å². The first-order valence-corrected chi connectivity index (χ1v) is 10.2. The third kappa shape index (κ3) is 5.35. The average Bonchev–Trinajstić information content (AvgIpc) is 3.17. The van der Waals surface area contributed by atoms with Crippen molar-refractivity contribution in [1.82, 2.24) is 15.5 Å². The zero-order chi connectivity index (χ0) is 18.4. The minimum Gasteiger partial charge on any atom is -0.388 e. The third-order valence-electron chi connectivity index (χ3n) is 5.65. The number of hydrogen-bond acceptors (Lipinski definition) is 3. The summed E-state index contributed by atoms with van der Waals surface area (Å²) in [6, 6.07) is 7.82. The number of rotatable bonds is 6. The van der Waals surface area contributed by atoms with Crippen molar-refractivity contribution in [2.75, 3.05) is 26.2 Å². The van der Waals surface area contributed by atoms with Crippen molar-refractivity contribution in [3.63, 3.8) is 0 Å². The number of nitrogens with one attached hydrogen (secondary N) is 2. The second kappa shape index (κ2) is 9.07. The molecule has 2 aliphatic rings. The Bertz CT molecular complexity index is 581. The van der Waals surface area contributed by atoms with Gasteiger partial charge in [-0.1, -0.05) is 43.0 Å². The molecule has 1 aromatic rings. The molecular weight excluding hydrogens is 350 g/mol. The van der Waals surface area contributed by atoms with E-state index < -0.39 is 5.60 Å². The zero-order valence-corrected chi connectivity index (χ0v) is 16.1. The smallest absolute Gasteiger partial charge is 0.314 e. The van der Waals surface area contributed by atoms with E-state index in [4.69, 9.17) is 11.6 Å². The van der Waals surface area contributed by atoms with Gasteiger partial charge >= 0.3 is 6.03 Å². The van der Waals surface area contributed by atoms with E-state index in [1.165, 1.54) is 24.8 Å². The van der Waals surface area contributed by atoms with Gasteiger partial charge in [-0.25, -0.2) is 4.79 Å². The molecule has 1 atom stereocenters. The summed E-state index contributed by atoms with van der Waals surface area (Å²) in [5.41, 5.74) is 0.433. The first kappa shape index (κ1) is 19.5. The Hall–Kier alpha value is -1.30. The molecule has 3 rings (SSSR count). The van der Waals surface area contributed by atoms with E-state index >= 15 is 0 Å². The second-order valence-electron chi connectivity index (χ2n) is 7.66. The monoisotopic (exact) mass is 379 g/mol. The Balaban J connectivity index is 1.53. The summed E-state index contributed by atoms with van der Waals surface area (Å²) in [6.45, 7) is 2.98. The van der Waals surface area contributed by atoms with E-state index in [0.29, 0.717) is 13.1 Å². The highest BCUT2D eigenvalue weighted by Gasteiger charge is 2.30. The lowest BCUT2D eigenvalue weighted by Crippen LogP contribution is -2.48. The third-order valence-corrected chi connectivity index (χ3v) is 5.91. The Morgan fingerprint density at radius 2 is 1.73 bits per heavy atom. The summed E-state index contributed by atoms with van der Waals surface area (Å²) in [6.07, 6.45) is 7.18. The summed E-state index contributed by atoms with van der Waals surface area (Å²) < 4.78 is 0. The molecule has 1 unspecified atom stereocenters. The van der Waals surface area contributed by atoms with Crippen LogP contribution in [0.3, 0.4) is 0 Å². The van der Waals surface area contributed by atoms with Crippen LogP contribution in [0.2, 0.25) is 5.02 Å². The largest absolute Gasteiger partial charge is 0.388 e. The van der Waals surface area contributed by atoms with Crippen molar-refractivity contribution in [1.29, 1.82) is 0 Å². The standard InChI is InChI=1S/C20H30ClN3O2/c21-17-8-6-16(7-9-17)18(24-12-4-5-13-24)14-22-19(25)23-15-20(26)10-2-1-3-11-20/h6-9,18,26H,1-5,10-15H2,(H2,22,23,25). The van der Waals surface area contributed by atoms with Crippen LogP contribution in [-0.2, 0) is 0 Å². The van der Waals surface area contributed by atoms with Crippen LogP contribution in [0.5, 0.6) is 0 Å². The SMILES string of the molecule is O=C(NCC(c1ccc(Cl)cc1)N1CCCC1)NCC1(O)CCCCC1. The number of amides is 2. The molecule has 3 N–H and O–H groups in total. The van der Waals surface area contributed by atoms with Gasteiger partial charge in [-0.05, 0) is 56.5 Å². The van der Waals surface area contributed by atoms with Gasteiger partial charge in [-0.3, -0.25) is 4.90 Å². The van der Waals surface area contributed by atoms with Gasteiger partial charge in [0.05, 0.1) is 11.6 Å². The number of urea groups is 1. The van der Waals surface area contributed by atoms with Crippen LogP contribution in [0.4, 0.5) is 4.79 Å². The lowest BCUT2D eigenvalue weighted by molar-refractivity contribution is 0.00716. The van der Waals surface area contributed by atoms with Crippen LogP contribution in [0, 0.1) is 0 Å². The van der Waals surface area contributed by atoms with Crippen LogP contribution in [-0.4, -0.2) is 47.8 Å². The number of carbonyl (C=O) groups is 1. The highest BCUT2D eigenvalue weighted by molar-refractivity contribution is 6.30. The van der Waals surface area contributed by atoms with Crippen LogP contribution in [0.15, 0.2) is 24.3 Å². The molecule has 1 aliphatic heterocycles. The molecule has 144 valence electrons. The second-order valence-corrected chi connectivity index (χ2v) is 8.10. The van der Waals surface area contributed by atoms with Crippen molar-refractivity contribution in [3.05, 3.63) is 34.9 Å². The first-order chi connectivity index (χ1) is 12.6. The van der Waals surface area contributed by atoms with Crippen LogP contribution in [0.1, 0.15) is 56.6 Å². The quantitative estimate of drug-likeness (QED) is 0.709. The van der Waals surface area contributed by atoms with Gasteiger partial charge in [-0.2, -0.15) is 0 Å². The molecular formula is C20H30ClN3O2. The topological polar surface area (TPSA) is 64.6 Å². The predicted molar refractivity (Wildman–Crippen MR) is 104 cm³/mol. The molecule has 0 bridgehead atoms. The molecule has 6 heteroatoms. The number of carbonyl (C=O) groups excluding carboxylic acids is 1. The average molecular weight is 380 g/mol. The van der Waals surface area contributed by atoms with Crippen LogP contribution >= 0.6 is 11.6 Å². The van der Waals surface area contributed by atoms with E-state index in [0.717, 1.165) is 43.8 Å². The number of nitrogens with zero attached hydrogens (tertiary/aromatic N) is 1. The molecule has 1 aliphatic carbocycles. The van der Waals surface area contributed by atoms with Gasteiger partial charge in [-0.15, -0.1) is 0 Å². The van der Waals surface area contributed by atoms with Crippen molar-refractivity contribution >= 4 is 17.6 Å². The maximum absolute atomic E-state index is 12.3. The van der Waals surface area contributed by atoms with E-state index in [2.05, 4.69) is 15.5 Å². The zero-order valence-electron chi connectivity index (χ0n) is 15.3. The Labute approximate surface area is 161 Å². The summed E-state index contributed by atoms with van der Waals surface area (Å²) >= 11 is 6.01. The Morgan fingerprint density at radius 3 is 2.38 bits per heavy atom. The fourth-order valence-electron chi connectivity index (χ4n) is 4.08. The van der Waals surface area contributed by atoms with Crippen LogP contribution < -0.4 is 10.6 Å². The van der Waals surface area contributed by atoms with E-state index in [9.17, 15) is 9.90 Å². The number of aliphatic hydroxyl groups is 1. The predicted octanol–water partition coefficient (Wildman–Crippen LogP) is 3.47. The maximum Gasteiger partial charge on any atom is 0.314 e. The molecule has 2 fully saturated rings. The summed E-state index contributed by atoms with van der Waals surface area (Å²) in [5.74, 6) is 0. The molecule has 0 spiro atoms. The van der Waals surface area contributed by atoms with Crippen molar-refractivity contribution in [3.8, 4) is 0 Å². The molecule has 0 radical (unpaired) electrons. The number of hydrogen-bond donors (Lipinski definition) is 3. The molecule has 1 saturated heterocycles. The fraction of sp³-hybridized carbons (Fsp3) is 0.650. The highest BCUT2D eigenvalue weighted by atomic mass is 35.5. The fourth-order valence-corrected chi connectivity index (χ4v) is 4.21. The minimum absolute atomic E-state index is 0.151. The van der Waals surface area contributed by atoms with Gasteiger partial charge in [0.1, 0.15) is 0 Å². The van der Waals surface area contributed by atoms with Gasteiger partial charge in [0.15, 0.2) is 0 Å². The van der Waals surface area contributed by atoms with Crippen molar-refractivity contribution in [2.24, 2.45) is 0 Å². The van der Waals surface area contributed by atoms with Crippen molar-refractivity contribution < 1.29 is 9.90 Å². The number of halogens is 1. The van der Waals surface area contributed by atoms with E-state index in [1.54, 1.807) is 0 Å². The molecule has 0 aromatic heterocycles. The van der Waals surface area contributed by atoms with Crippen molar-refractivity contribution in [2.45, 2.75) is 56.6 Å². The lowest BCUT2D eigenvalue weighted by atomic mass is 9.85. The molecule has 1 heterocycles. The Morgan fingerprint density at radius 1 is 1.08 bits per heavy atom. The number of benzene rings is 1. The minimum atomic E-state index is -0.736. The molecule has 2 amide bonds. The highest BCUT2D eigenvalue weighted by Crippen LogP contribution is 2.27. The maximum atomic E-state index is 12.3. The number of likely N-dealkylation sites (tertiary alicyclic amines) is 1. The van der Waals surface area contributed by atoms with E-state index in [1.807, 2.05) is 24.3 Å². The van der Waals surface area contributed by atoms with Gasteiger partial charge in [0.2, 0.25) is 0 Å². The Kier molecular flexibility index (Phi) is 6.79. The normalized spacial score (nSPS) is 21.3. The summed E-state index contributed by atoms with van der Waals surface area (Å²) in [5, 5.41) is 17.1. The van der Waals surface area contributed by atoms with Crippen LogP contribution in [0.25, 0.3) is 0 Å².